The lowest BCUT2D eigenvalue weighted by Crippen LogP contribution is -2.27. The van der Waals surface area contributed by atoms with Crippen molar-refractivity contribution in [2.45, 2.75) is 6.92 Å². The molecule has 1 aliphatic rings. The van der Waals surface area contributed by atoms with Gasteiger partial charge in [0.15, 0.2) is 0 Å². The maximum Gasteiger partial charge on any atom is 0.137 e. The Morgan fingerprint density at radius 2 is 2.45 bits per heavy atom. The van der Waals surface area contributed by atoms with Gasteiger partial charge in [0.1, 0.15) is 5.84 Å². The second-order valence-corrected chi connectivity index (χ2v) is 2.25. The summed E-state index contributed by atoms with van der Waals surface area (Å²) in [5.41, 5.74) is 0.896. The van der Waals surface area contributed by atoms with E-state index in [9.17, 15) is 0 Å². The van der Waals surface area contributed by atoms with Crippen LogP contribution in [-0.4, -0.2) is 18.7 Å². The van der Waals surface area contributed by atoms with Gasteiger partial charge in [0.25, 0.3) is 0 Å². The second-order valence-electron chi connectivity index (χ2n) is 2.25. The number of hydrogen-bond donors (Lipinski definition) is 1. The first-order valence-electron chi connectivity index (χ1n) is 3.38. The zero-order valence-electron chi connectivity index (χ0n) is 6.76. The Labute approximate surface area is 66.2 Å². The first-order chi connectivity index (χ1) is 5.24. The van der Waals surface area contributed by atoms with Crippen LogP contribution in [0.3, 0.4) is 0 Å². The molecule has 3 heteroatoms. The molecule has 0 bridgehead atoms. The molecule has 1 aliphatic heterocycles. The third-order valence-corrected chi connectivity index (χ3v) is 1.42. The van der Waals surface area contributed by atoms with Gasteiger partial charge in [-0.1, -0.05) is 6.58 Å². The largest absolute Gasteiger partial charge is 0.329 e. The maximum absolute atomic E-state index is 4.05. The minimum Gasteiger partial charge on any atom is -0.329 e. The topological polar surface area (TPSA) is 36.8 Å². The van der Waals surface area contributed by atoms with Crippen LogP contribution in [0.25, 0.3) is 0 Å². The van der Waals surface area contributed by atoms with Gasteiger partial charge in [-0.15, -0.1) is 0 Å². The summed E-state index contributed by atoms with van der Waals surface area (Å²) in [4.78, 5) is 7.99. The highest BCUT2D eigenvalue weighted by Gasteiger charge is 2.05. The van der Waals surface area contributed by atoms with Crippen LogP contribution in [0.15, 0.2) is 34.4 Å². The van der Waals surface area contributed by atoms with Crippen LogP contribution < -0.4 is 5.32 Å². The van der Waals surface area contributed by atoms with Crippen molar-refractivity contribution in [2.24, 2.45) is 9.98 Å². The lowest BCUT2D eigenvalue weighted by molar-refractivity contribution is 1.26. The molecular formula is C8H11N3. The summed E-state index contributed by atoms with van der Waals surface area (Å²) in [5.74, 6) is 1.63. The van der Waals surface area contributed by atoms with E-state index in [0.29, 0.717) is 0 Å². The molecule has 0 spiro atoms. The Kier molecular flexibility index (Phi) is 2.21. The van der Waals surface area contributed by atoms with Crippen LogP contribution >= 0.6 is 0 Å². The highest BCUT2D eigenvalue weighted by molar-refractivity contribution is 6.11. The summed E-state index contributed by atoms with van der Waals surface area (Å²) in [5, 5.41) is 3.02. The standard InChI is InChI=1S/C8H11N3/c1-6-4-5-10-8(6)11-7(2)9-3/h4-5H,1H2,2-3H3,(H,9,10,11). The molecule has 58 valence electrons. The van der Waals surface area contributed by atoms with E-state index in [4.69, 9.17) is 0 Å². The third-order valence-electron chi connectivity index (χ3n) is 1.42. The van der Waals surface area contributed by atoms with Gasteiger partial charge >= 0.3 is 0 Å². The molecule has 0 fully saturated rings. The van der Waals surface area contributed by atoms with Crippen molar-refractivity contribution in [3.8, 4) is 0 Å². The molecule has 0 saturated heterocycles. The summed E-state index contributed by atoms with van der Waals surface area (Å²) in [6, 6.07) is 0. The fraction of sp³-hybridized carbons (Fsp3) is 0.250. The van der Waals surface area contributed by atoms with E-state index >= 15 is 0 Å². The Morgan fingerprint density at radius 1 is 1.73 bits per heavy atom. The van der Waals surface area contributed by atoms with Gasteiger partial charge in [0, 0.05) is 18.8 Å². The van der Waals surface area contributed by atoms with Gasteiger partial charge in [0.2, 0.25) is 0 Å². The van der Waals surface area contributed by atoms with Crippen molar-refractivity contribution >= 4 is 11.7 Å². The average molecular weight is 149 g/mol. The SMILES string of the molecule is C=C1C=CN=C1NC(C)=NC. The normalized spacial score (nSPS) is 17.1. The molecule has 0 aliphatic carbocycles. The van der Waals surface area contributed by atoms with E-state index in [1.165, 1.54) is 0 Å². The average Bonchev–Trinajstić information content (AvgIpc) is 2.37. The number of nitrogens with one attached hydrogen (secondary N) is 1. The lowest BCUT2D eigenvalue weighted by atomic mass is 10.3. The molecule has 1 rings (SSSR count). The van der Waals surface area contributed by atoms with Crippen molar-refractivity contribution in [2.75, 3.05) is 7.05 Å². The first-order valence-corrected chi connectivity index (χ1v) is 3.38. The van der Waals surface area contributed by atoms with Gasteiger partial charge < -0.3 is 5.32 Å². The maximum atomic E-state index is 4.05. The van der Waals surface area contributed by atoms with Crippen molar-refractivity contribution in [3.05, 3.63) is 24.4 Å². The molecule has 0 saturated carbocycles. The van der Waals surface area contributed by atoms with Gasteiger partial charge in [-0.3, -0.25) is 4.99 Å². The van der Waals surface area contributed by atoms with Crippen molar-refractivity contribution in [1.29, 1.82) is 0 Å². The minimum absolute atomic E-state index is 0.785. The quantitative estimate of drug-likeness (QED) is 0.406. The predicted molar refractivity (Wildman–Crippen MR) is 47.9 cm³/mol. The van der Waals surface area contributed by atoms with Crippen LogP contribution in [-0.2, 0) is 0 Å². The summed E-state index contributed by atoms with van der Waals surface area (Å²) < 4.78 is 0. The molecule has 0 aromatic rings. The molecule has 1 N–H and O–H groups in total. The monoisotopic (exact) mass is 149 g/mol. The second kappa shape index (κ2) is 3.14. The summed E-state index contributed by atoms with van der Waals surface area (Å²) in [6.45, 7) is 5.67. The minimum atomic E-state index is 0.785. The molecule has 11 heavy (non-hydrogen) atoms. The highest BCUT2D eigenvalue weighted by Crippen LogP contribution is 2.03. The van der Waals surface area contributed by atoms with E-state index < -0.39 is 0 Å². The number of amidine groups is 2. The fourth-order valence-electron chi connectivity index (χ4n) is 0.703. The predicted octanol–water partition coefficient (Wildman–Crippen LogP) is 1.11. The van der Waals surface area contributed by atoms with Crippen LogP contribution in [0, 0.1) is 0 Å². The Morgan fingerprint density at radius 3 is 2.91 bits per heavy atom. The van der Waals surface area contributed by atoms with Crippen LogP contribution in [0.2, 0.25) is 0 Å². The Bertz CT molecular complexity index is 259. The zero-order valence-corrected chi connectivity index (χ0v) is 6.76. The van der Waals surface area contributed by atoms with Crippen LogP contribution in [0.1, 0.15) is 6.92 Å². The fourth-order valence-corrected chi connectivity index (χ4v) is 0.703. The summed E-state index contributed by atoms with van der Waals surface area (Å²) >= 11 is 0. The van der Waals surface area contributed by atoms with E-state index in [1.807, 2.05) is 13.0 Å². The van der Waals surface area contributed by atoms with Crippen LogP contribution in [0.4, 0.5) is 0 Å². The number of hydrogen-bond acceptors (Lipinski definition) is 2. The van der Waals surface area contributed by atoms with Gasteiger partial charge in [0.05, 0.1) is 5.84 Å². The number of nitrogens with zero attached hydrogens (tertiary/aromatic N) is 2. The Balaban J connectivity index is 2.59. The van der Waals surface area contributed by atoms with E-state index in [2.05, 4.69) is 21.9 Å². The van der Waals surface area contributed by atoms with Crippen molar-refractivity contribution in [3.63, 3.8) is 0 Å². The smallest absolute Gasteiger partial charge is 0.137 e. The van der Waals surface area contributed by atoms with Gasteiger partial charge in [-0.2, -0.15) is 0 Å². The van der Waals surface area contributed by atoms with Gasteiger partial charge in [-0.05, 0) is 13.0 Å². The molecule has 0 aromatic carbocycles. The molecule has 0 amide bonds. The molecule has 0 unspecified atom stereocenters. The molecule has 0 radical (unpaired) electrons. The van der Waals surface area contributed by atoms with E-state index in [0.717, 1.165) is 17.2 Å². The van der Waals surface area contributed by atoms with Gasteiger partial charge in [-0.25, -0.2) is 4.99 Å². The molecule has 3 nitrogen and oxygen atoms in total. The number of aliphatic imine (C=N–C) groups is 2. The molecule has 1 heterocycles. The lowest BCUT2D eigenvalue weighted by Gasteiger charge is -2.03. The molecular weight excluding hydrogens is 138 g/mol. The first kappa shape index (κ1) is 7.72. The highest BCUT2D eigenvalue weighted by atomic mass is 15.1. The summed E-state index contributed by atoms with van der Waals surface area (Å²) in [6.07, 6.45) is 3.57. The van der Waals surface area contributed by atoms with Crippen LogP contribution in [0.5, 0.6) is 0 Å². The Hall–Kier alpha value is -1.38. The van der Waals surface area contributed by atoms with E-state index in [-0.39, 0.29) is 0 Å². The summed E-state index contributed by atoms with van der Waals surface area (Å²) in [7, 11) is 1.73. The third kappa shape index (κ3) is 1.77. The van der Waals surface area contributed by atoms with E-state index in [1.54, 1.807) is 13.2 Å². The molecule has 0 atom stereocenters. The van der Waals surface area contributed by atoms with Crippen molar-refractivity contribution in [1.82, 2.24) is 5.32 Å². The zero-order chi connectivity index (χ0) is 8.27. The van der Waals surface area contributed by atoms with Crippen molar-refractivity contribution < 1.29 is 0 Å². The molecule has 0 aromatic heterocycles. The number of rotatable bonds is 0.